The van der Waals surface area contributed by atoms with Crippen molar-refractivity contribution in [3.05, 3.63) is 0 Å². The second kappa shape index (κ2) is 6.57. The maximum Gasteiger partial charge on any atom is 0.305 e. The molecule has 14 heavy (non-hydrogen) atoms. The molecule has 0 aromatic carbocycles. The molecule has 3 heteroatoms. The first-order valence-electron chi connectivity index (χ1n) is 5.04. The van der Waals surface area contributed by atoms with Gasteiger partial charge in [0.1, 0.15) is 5.78 Å². The molecule has 3 nitrogen and oxygen atoms in total. The van der Waals surface area contributed by atoms with Crippen LogP contribution in [0.2, 0.25) is 0 Å². The number of hydrogen-bond donors (Lipinski definition) is 0. The fourth-order valence-electron chi connectivity index (χ4n) is 1.37. The Morgan fingerprint density at radius 1 is 1.07 bits per heavy atom. The molecule has 0 heterocycles. The average Bonchev–Trinajstić information content (AvgIpc) is 2.01. The second-order valence-electron chi connectivity index (χ2n) is 4.23. The van der Waals surface area contributed by atoms with Crippen LogP contribution < -0.4 is 0 Å². The Hall–Kier alpha value is -0.860. The molecule has 0 saturated carbocycles. The van der Waals surface area contributed by atoms with Gasteiger partial charge >= 0.3 is 5.97 Å². The maximum absolute atomic E-state index is 11.4. The molecule has 1 atom stereocenters. The standard InChI is InChI=1S/C11H20O3/c1-8(2)5-10(12)6-9(3)7-11(13)14-4/h8-9H,5-7H2,1-4H3/t9-/m0/s1. The van der Waals surface area contributed by atoms with Crippen LogP contribution >= 0.6 is 0 Å². The van der Waals surface area contributed by atoms with Gasteiger partial charge in [-0.1, -0.05) is 20.8 Å². The van der Waals surface area contributed by atoms with Gasteiger partial charge < -0.3 is 4.74 Å². The van der Waals surface area contributed by atoms with Crippen LogP contribution in [-0.4, -0.2) is 18.9 Å². The van der Waals surface area contributed by atoms with Gasteiger partial charge in [-0.05, 0) is 11.8 Å². The molecule has 0 aliphatic heterocycles. The van der Waals surface area contributed by atoms with Crippen molar-refractivity contribution in [3.63, 3.8) is 0 Å². The van der Waals surface area contributed by atoms with Crippen molar-refractivity contribution in [2.24, 2.45) is 11.8 Å². The zero-order valence-corrected chi connectivity index (χ0v) is 9.50. The van der Waals surface area contributed by atoms with Gasteiger partial charge in [-0.3, -0.25) is 9.59 Å². The smallest absolute Gasteiger partial charge is 0.305 e. The minimum absolute atomic E-state index is 0.0914. The highest BCUT2D eigenvalue weighted by Gasteiger charge is 2.14. The van der Waals surface area contributed by atoms with E-state index in [1.807, 2.05) is 20.8 Å². The van der Waals surface area contributed by atoms with E-state index in [2.05, 4.69) is 4.74 Å². The van der Waals surface area contributed by atoms with Crippen LogP contribution in [0.3, 0.4) is 0 Å². The predicted molar refractivity (Wildman–Crippen MR) is 54.9 cm³/mol. The molecule has 0 aromatic rings. The van der Waals surface area contributed by atoms with Crippen LogP contribution in [0.1, 0.15) is 40.0 Å². The average molecular weight is 200 g/mol. The summed E-state index contributed by atoms with van der Waals surface area (Å²) in [5.41, 5.74) is 0. The van der Waals surface area contributed by atoms with Crippen LogP contribution in [0, 0.1) is 11.8 Å². The van der Waals surface area contributed by atoms with E-state index in [0.29, 0.717) is 25.2 Å². The maximum atomic E-state index is 11.4. The number of hydrogen-bond acceptors (Lipinski definition) is 3. The van der Waals surface area contributed by atoms with E-state index < -0.39 is 0 Å². The molecule has 82 valence electrons. The van der Waals surface area contributed by atoms with Crippen LogP contribution in [0.15, 0.2) is 0 Å². The third-order valence-electron chi connectivity index (χ3n) is 1.95. The summed E-state index contributed by atoms with van der Waals surface area (Å²) < 4.78 is 4.53. The zero-order valence-electron chi connectivity index (χ0n) is 9.50. The van der Waals surface area contributed by atoms with Crippen molar-refractivity contribution in [1.29, 1.82) is 0 Å². The van der Waals surface area contributed by atoms with Gasteiger partial charge in [0.05, 0.1) is 7.11 Å². The van der Waals surface area contributed by atoms with Crippen molar-refractivity contribution in [2.45, 2.75) is 40.0 Å². The number of esters is 1. The number of methoxy groups -OCH3 is 1. The summed E-state index contributed by atoms with van der Waals surface area (Å²) in [6.45, 7) is 5.93. The van der Waals surface area contributed by atoms with Crippen molar-refractivity contribution in [1.82, 2.24) is 0 Å². The number of carbonyl (C=O) groups is 2. The van der Waals surface area contributed by atoms with Gasteiger partial charge in [0.2, 0.25) is 0 Å². The Balaban J connectivity index is 3.76. The Labute approximate surface area is 85.8 Å². The molecule has 0 N–H and O–H groups in total. The van der Waals surface area contributed by atoms with Gasteiger partial charge in [-0.15, -0.1) is 0 Å². The first kappa shape index (κ1) is 13.1. The molecule has 0 bridgehead atoms. The van der Waals surface area contributed by atoms with E-state index in [1.165, 1.54) is 7.11 Å². The molecule has 0 saturated heterocycles. The SMILES string of the molecule is COC(=O)C[C@@H](C)CC(=O)CC(C)C. The van der Waals surface area contributed by atoms with Gasteiger partial charge in [0.25, 0.3) is 0 Å². The molecular formula is C11H20O3. The van der Waals surface area contributed by atoms with Crippen LogP contribution in [-0.2, 0) is 14.3 Å². The Bertz CT molecular complexity index is 197. The molecule has 0 aromatic heterocycles. The van der Waals surface area contributed by atoms with E-state index in [-0.39, 0.29) is 17.7 Å². The molecule has 0 fully saturated rings. The number of Topliss-reactive ketones (excluding diaryl/α,β-unsaturated/α-hetero) is 1. The van der Waals surface area contributed by atoms with E-state index in [1.54, 1.807) is 0 Å². The first-order valence-corrected chi connectivity index (χ1v) is 5.04. The number of ether oxygens (including phenoxy) is 1. The lowest BCUT2D eigenvalue weighted by Gasteiger charge is -2.09. The van der Waals surface area contributed by atoms with Crippen molar-refractivity contribution in [3.8, 4) is 0 Å². The first-order chi connectivity index (χ1) is 6.45. The van der Waals surface area contributed by atoms with Crippen molar-refractivity contribution < 1.29 is 14.3 Å². The normalized spacial score (nSPS) is 12.6. The van der Waals surface area contributed by atoms with Gasteiger partial charge in [-0.2, -0.15) is 0 Å². The molecule has 0 rings (SSSR count). The van der Waals surface area contributed by atoms with Gasteiger partial charge in [0, 0.05) is 19.3 Å². The highest BCUT2D eigenvalue weighted by molar-refractivity contribution is 5.79. The molecular weight excluding hydrogens is 180 g/mol. The molecule has 0 unspecified atom stereocenters. The van der Waals surface area contributed by atoms with E-state index in [0.717, 1.165) is 0 Å². The lowest BCUT2D eigenvalue weighted by Crippen LogP contribution is -2.12. The zero-order chi connectivity index (χ0) is 11.1. The summed E-state index contributed by atoms with van der Waals surface area (Å²) in [5, 5.41) is 0. The summed E-state index contributed by atoms with van der Waals surface area (Å²) in [5.74, 6) is 0.479. The lowest BCUT2D eigenvalue weighted by atomic mass is 9.96. The fraction of sp³-hybridized carbons (Fsp3) is 0.818. The van der Waals surface area contributed by atoms with E-state index in [4.69, 9.17) is 0 Å². The minimum atomic E-state index is -0.241. The van der Waals surface area contributed by atoms with Crippen molar-refractivity contribution in [2.75, 3.05) is 7.11 Å². The fourth-order valence-corrected chi connectivity index (χ4v) is 1.37. The largest absolute Gasteiger partial charge is 0.469 e. The predicted octanol–water partition coefficient (Wildman–Crippen LogP) is 2.19. The second-order valence-corrected chi connectivity index (χ2v) is 4.23. The molecule has 0 aliphatic rings. The number of rotatable bonds is 6. The molecule has 0 amide bonds. The summed E-state index contributed by atoms with van der Waals surface area (Å²) in [7, 11) is 1.37. The highest BCUT2D eigenvalue weighted by Crippen LogP contribution is 2.12. The molecule has 0 radical (unpaired) electrons. The van der Waals surface area contributed by atoms with Crippen molar-refractivity contribution >= 4 is 11.8 Å². The summed E-state index contributed by atoms with van der Waals surface area (Å²) >= 11 is 0. The number of ketones is 1. The Kier molecular flexibility index (Phi) is 6.17. The summed E-state index contributed by atoms with van der Waals surface area (Å²) in [4.78, 5) is 22.3. The number of carbonyl (C=O) groups excluding carboxylic acids is 2. The summed E-state index contributed by atoms with van der Waals surface area (Å²) in [6, 6.07) is 0. The van der Waals surface area contributed by atoms with Crippen LogP contribution in [0.4, 0.5) is 0 Å². The highest BCUT2D eigenvalue weighted by atomic mass is 16.5. The van der Waals surface area contributed by atoms with Crippen LogP contribution in [0.5, 0.6) is 0 Å². The lowest BCUT2D eigenvalue weighted by molar-refractivity contribution is -0.141. The minimum Gasteiger partial charge on any atom is -0.469 e. The molecule has 0 aliphatic carbocycles. The van der Waals surface area contributed by atoms with E-state index >= 15 is 0 Å². The van der Waals surface area contributed by atoms with Crippen LogP contribution in [0.25, 0.3) is 0 Å². The quantitative estimate of drug-likeness (QED) is 0.617. The van der Waals surface area contributed by atoms with Gasteiger partial charge in [0.15, 0.2) is 0 Å². The monoisotopic (exact) mass is 200 g/mol. The van der Waals surface area contributed by atoms with E-state index in [9.17, 15) is 9.59 Å². The Morgan fingerprint density at radius 2 is 1.64 bits per heavy atom. The summed E-state index contributed by atoms with van der Waals surface area (Å²) in [6.07, 6.45) is 1.42. The third kappa shape index (κ3) is 6.63. The molecule has 0 spiro atoms. The third-order valence-corrected chi connectivity index (χ3v) is 1.95. The topological polar surface area (TPSA) is 43.4 Å². The Morgan fingerprint density at radius 3 is 2.07 bits per heavy atom. The van der Waals surface area contributed by atoms with Gasteiger partial charge in [-0.25, -0.2) is 0 Å².